The number of likely N-dealkylation sites (N-methyl/N-ethyl adjacent to an activating group) is 1. The summed E-state index contributed by atoms with van der Waals surface area (Å²) in [7, 11) is 2.01. The van der Waals surface area contributed by atoms with Gasteiger partial charge < -0.3 is 5.32 Å². The highest BCUT2D eigenvalue weighted by atomic mass is 35.5. The third kappa shape index (κ3) is 3.24. The van der Waals surface area contributed by atoms with Crippen LogP contribution in [0.2, 0.25) is 5.02 Å². The normalized spacial score (nSPS) is 25.3. The monoisotopic (exact) mass is 269 g/mol. The molecule has 1 aromatic carbocycles. The van der Waals surface area contributed by atoms with Crippen LogP contribution in [-0.2, 0) is 6.42 Å². The van der Waals surface area contributed by atoms with E-state index in [1.54, 1.807) is 6.07 Å². The van der Waals surface area contributed by atoms with Gasteiger partial charge in [0.1, 0.15) is 5.82 Å². The lowest BCUT2D eigenvalue weighted by atomic mass is 9.91. The zero-order chi connectivity index (χ0) is 13.1. The molecule has 0 saturated heterocycles. The van der Waals surface area contributed by atoms with E-state index in [9.17, 15) is 4.39 Å². The molecule has 0 spiro atoms. The minimum absolute atomic E-state index is 0.265. The van der Waals surface area contributed by atoms with Gasteiger partial charge in [0.15, 0.2) is 0 Å². The van der Waals surface area contributed by atoms with Crippen molar-refractivity contribution in [3.63, 3.8) is 0 Å². The Balaban J connectivity index is 2.05. The second-order valence-electron chi connectivity index (χ2n) is 5.51. The molecule has 1 aromatic rings. The van der Waals surface area contributed by atoms with Crippen molar-refractivity contribution in [1.29, 1.82) is 0 Å². The standard InChI is InChI=1S/C15H21ClFN/c1-10-3-4-12(7-10)15(18-2)8-11-5-6-13(17)9-14(11)16/h5-6,9-10,12,15,18H,3-4,7-8H2,1-2H3. The number of hydrogen-bond acceptors (Lipinski definition) is 1. The highest BCUT2D eigenvalue weighted by molar-refractivity contribution is 6.31. The van der Waals surface area contributed by atoms with Gasteiger partial charge in [-0.2, -0.15) is 0 Å². The topological polar surface area (TPSA) is 12.0 Å². The quantitative estimate of drug-likeness (QED) is 0.870. The SMILES string of the molecule is CNC(Cc1ccc(F)cc1Cl)C1CCC(C)C1. The van der Waals surface area contributed by atoms with Crippen LogP contribution >= 0.6 is 11.6 Å². The molecule has 0 bridgehead atoms. The Labute approximate surface area is 114 Å². The summed E-state index contributed by atoms with van der Waals surface area (Å²) < 4.78 is 13.0. The maximum atomic E-state index is 13.0. The molecule has 18 heavy (non-hydrogen) atoms. The van der Waals surface area contributed by atoms with Crippen LogP contribution < -0.4 is 5.32 Å². The van der Waals surface area contributed by atoms with Gasteiger partial charge in [-0.05, 0) is 55.8 Å². The first kappa shape index (κ1) is 13.8. The van der Waals surface area contributed by atoms with Crippen molar-refractivity contribution >= 4 is 11.6 Å². The molecule has 1 aliphatic carbocycles. The number of nitrogens with one attached hydrogen (secondary N) is 1. The average Bonchev–Trinajstić information content (AvgIpc) is 2.75. The van der Waals surface area contributed by atoms with Gasteiger partial charge in [0.05, 0.1) is 0 Å². The minimum Gasteiger partial charge on any atom is -0.316 e. The number of rotatable bonds is 4. The summed E-state index contributed by atoms with van der Waals surface area (Å²) in [6.45, 7) is 2.32. The van der Waals surface area contributed by atoms with Crippen LogP contribution in [-0.4, -0.2) is 13.1 Å². The van der Waals surface area contributed by atoms with E-state index in [1.807, 2.05) is 7.05 Å². The fraction of sp³-hybridized carbons (Fsp3) is 0.600. The highest BCUT2D eigenvalue weighted by Crippen LogP contribution is 2.34. The van der Waals surface area contributed by atoms with E-state index in [-0.39, 0.29) is 5.82 Å². The Morgan fingerprint density at radius 3 is 2.78 bits per heavy atom. The van der Waals surface area contributed by atoms with Crippen LogP contribution in [0.15, 0.2) is 18.2 Å². The molecule has 1 aliphatic rings. The van der Waals surface area contributed by atoms with Crippen molar-refractivity contribution in [2.24, 2.45) is 11.8 Å². The molecule has 0 heterocycles. The Bertz CT molecular complexity index is 407. The lowest BCUT2D eigenvalue weighted by Crippen LogP contribution is -2.34. The van der Waals surface area contributed by atoms with Crippen LogP contribution in [0.25, 0.3) is 0 Å². The van der Waals surface area contributed by atoms with E-state index in [0.29, 0.717) is 17.0 Å². The van der Waals surface area contributed by atoms with Gasteiger partial charge >= 0.3 is 0 Å². The predicted octanol–water partition coefficient (Wildman–Crippen LogP) is 4.05. The van der Waals surface area contributed by atoms with Crippen molar-refractivity contribution in [2.45, 2.75) is 38.6 Å². The molecule has 0 aromatic heterocycles. The van der Waals surface area contributed by atoms with E-state index in [0.717, 1.165) is 17.9 Å². The van der Waals surface area contributed by atoms with Crippen molar-refractivity contribution in [3.8, 4) is 0 Å². The lowest BCUT2D eigenvalue weighted by molar-refractivity contribution is 0.367. The van der Waals surface area contributed by atoms with Crippen molar-refractivity contribution in [1.82, 2.24) is 5.32 Å². The molecule has 1 fully saturated rings. The summed E-state index contributed by atoms with van der Waals surface area (Å²) in [4.78, 5) is 0. The molecule has 3 unspecified atom stereocenters. The zero-order valence-corrected chi connectivity index (χ0v) is 11.8. The fourth-order valence-corrected chi connectivity index (χ4v) is 3.29. The van der Waals surface area contributed by atoms with Crippen molar-refractivity contribution < 1.29 is 4.39 Å². The maximum Gasteiger partial charge on any atom is 0.124 e. The maximum absolute atomic E-state index is 13.0. The Kier molecular flexibility index (Phi) is 4.63. The molecular weight excluding hydrogens is 249 g/mol. The van der Waals surface area contributed by atoms with Crippen LogP contribution in [0.3, 0.4) is 0 Å². The van der Waals surface area contributed by atoms with Gasteiger partial charge in [-0.15, -0.1) is 0 Å². The zero-order valence-electron chi connectivity index (χ0n) is 11.0. The van der Waals surface area contributed by atoms with E-state index in [4.69, 9.17) is 11.6 Å². The average molecular weight is 270 g/mol. The number of hydrogen-bond donors (Lipinski definition) is 1. The first-order chi connectivity index (χ1) is 8.60. The van der Waals surface area contributed by atoms with E-state index in [1.165, 1.54) is 31.4 Å². The summed E-state index contributed by atoms with van der Waals surface area (Å²) in [5.74, 6) is 1.28. The third-order valence-electron chi connectivity index (χ3n) is 4.13. The summed E-state index contributed by atoms with van der Waals surface area (Å²) in [6.07, 6.45) is 4.77. The second-order valence-corrected chi connectivity index (χ2v) is 5.92. The van der Waals surface area contributed by atoms with Crippen LogP contribution in [0.1, 0.15) is 31.7 Å². The minimum atomic E-state index is -0.265. The van der Waals surface area contributed by atoms with E-state index < -0.39 is 0 Å². The van der Waals surface area contributed by atoms with Gasteiger partial charge in [0.25, 0.3) is 0 Å². The summed E-state index contributed by atoms with van der Waals surface area (Å²) in [5.41, 5.74) is 1.04. The predicted molar refractivity (Wildman–Crippen MR) is 74.5 cm³/mol. The Morgan fingerprint density at radius 1 is 1.44 bits per heavy atom. The second kappa shape index (κ2) is 6.03. The molecule has 1 nitrogen and oxygen atoms in total. The van der Waals surface area contributed by atoms with E-state index >= 15 is 0 Å². The number of halogens is 2. The highest BCUT2D eigenvalue weighted by Gasteiger charge is 2.28. The van der Waals surface area contributed by atoms with Crippen molar-refractivity contribution in [2.75, 3.05) is 7.05 Å². The Hall–Kier alpha value is -0.600. The van der Waals surface area contributed by atoms with Gasteiger partial charge in [-0.3, -0.25) is 0 Å². The summed E-state index contributed by atoms with van der Waals surface area (Å²) in [5, 5.41) is 3.95. The molecule has 0 amide bonds. The molecule has 1 saturated carbocycles. The van der Waals surface area contributed by atoms with Crippen molar-refractivity contribution in [3.05, 3.63) is 34.6 Å². The molecule has 1 N–H and O–H groups in total. The van der Waals surface area contributed by atoms with Gasteiger partial charge in [-0.1, -0.05) is 31.0 Å². The molecular formula is C15H21ClFN. The van der Waals surface area contributed by atoms with Gasteiger partial charge in [0.2, 0.25) is 0 Å². The molecule has 100 valence electrons. The van der Waals surface area contributed by atoms with Gasteiger partial charge in [-0.25, -0.2) is 4.39 Å². The first-order valence-electron chi connectivity index (χ1n) is 6.71. The van der Waals surface area contributed by atoms with Crippen LogP contribution in [0, 0.1) is 17.7 Å². The number of benzene rings is 1. The molecule has 2 rings (SSSR count). The van der Waals surface area contributed by atoms with E-state index in [2.05, 4.69) is 12.2 Å². The lowest BCUT2D eigenvalue weighted by Gasteiger charge is -2.23. The molecule has 0 aliphatic heterocycles. The largest absolute Gasteiger partial charge is 0.316 e. The first-order valence-corrected chi connectivity index (χ1v) is 7.09. The molecule has 3 atom stereocenters. The molecule has 3 heteroatoms. The molecule has 0 radical (unpaired) electrons. The fourth-order valence-electron chi connectivity index (χ4n) is 3.05. The van der Waals surface area contributed by atoms with Gasteiger partial charge in [0, 0.05) is 11.1 Å². The Morgan fingerprint density at radius 2 is 2.22 bits per heavy atom. The smallest absolute Gasteiger partial charge is 0.124 e. The summed E-state index contributed by atoms with van der Waals surface area (Å²) in [6, 6.07) is 5.14. The van der Waals surface area contributed by atoms with Crippen LogP contribution in [0.4, 0.5) is 4.39 Å². The summed E-state index contributed by atoms with van der Waals surface area (Å²) >= 11 is 6.10. The third-order valence-corrected chi connectivity index (χ3v) is 4.48. The van der Waals surface area contributed by atoms with Crippen LogP contribution in [0.5, 0.6) is 0 Å².